The Balaban J connectivity index is 2.40. The Morgan fingerprint density at radius 3 is 2.75 bits per heavy atom. The van der Waals surface area contributed by atoms with Crippen molar-refractivity contribution in [2.45, 2.75) is 0 Å². The van der Waals surface area contributed by atoms with Crippen LogP contribution in [0.25, 0.3) is 0 Å². The van der Waals surface area contributed by atoms with E-state index in [-0.39, 0.29) is 0 Å². The van der Waals surface area contributed by atoms with Crippen molar-refractivity contribution in [1.82, 2.24) is 4.47 Å². The van der Waals surface area contributed by atoms with Crippen LogP contribution in [0, 0.1) is 0 Å². The summed E-state index contributed by atoms with van der Waals surface area (Å²) in [4.78, 5) is 4.85. The second-order valence-electron chi connectivity index (χ2n) is 1.24. The van der Waals surface area contributed by atoms with Gasteiger partial charge in [0.25, 0.3) is 0 Å². The molecule has 1 rings (SSSR count). The molecule has 0 fully saturated rings. The van der Waals surface area contributed by atoms with Crippen molar-refractivity contribution in [2.24, 2.45) is 0 Å². The lowest BCUT2D eigenvalue weighted by Gasteiger charge is -2.13. The summed E-state index contributed by atoms with van der Waals surface area (Å²) in [5.74, 6) is 0. The lowest BCUT2D eigenvalue weighted by atomic mass is 10.6. The van der Waals surface area contributed by atoms with Crippen molar-refractivity contribution >= 4 is 11.9 Å². The minimum Gasteiger partial charge on any atom is -0.266 e. The molecule has 0 amide bonds. The Hall–Kier alpha value is -0.410. The van der Waals surface area contributed by atoms with Crippen molar-refractivity contribution in [1.29, 1.82) is 0 Å². The molecule has 0 saturated heterocycles. The first-order chi connectivity index (χ1) is 3.93. The van der Waals surface area contributed by atoms with Gasteiger partial charge in [0.15, 0.2) is 0 Å². The minimum atomic E-state index is 1.51. The number of allylic oxidation sites excluding steroid dienone is 2. The molecule has 0 atom stereocenters. The maximum Gasteiger partial charge on any atom is 0.0650 e. The number of rotatable bonds is 1. The summed E-state index contributed by atoms with van der Waals surface area (Å²) in [6, 6.07) is 0. The Labute approximate surface area is 52.9 Å². The number of hydroxylamine groups is 1. The molecule has 0 unspecified atom stereocenters. The molecule has 3 heteroatoms. The van der Waals surface area contributed by atoms with E-state index in [9.17, 15) is 0 Å². The van der Waals surface area contributed by atoms with Crippen LogP contribution in [0.5, 0.6) is 0 Å². The van der Waals surface area contributed by atoms with Gasteiger partial charge in [0.1, 0.15) is 0 Å². The third-order valence-corrected chi connectivity index (χ3v) is 1.50. The molecule has 8 heavy (non-hydrogen) atoms. The van der Waals surface area contributed by atoms with Gasteiger partial charge in [0.2, 0.25) is 0 Å². The predicted octanol–water partition coefficient (Wildman–Crippen LogP) is 1.54. The first-order valence-corrected chi connectivity index (χ1v) is 3.10. The average Bonchev–Trinajstić information content (AvgIpc) is 1.90. The van der Waals surface area contributed by atoms with Crippen LogP contribution in [0.15, 0.2) is 23.8 Å². The molecule has 0 saturated carbocycles. The second kappa shape index (κ2) is 2.79. The molecule has 0 bridgehead atoms. The van der Waals surface area contributed by atoms with Crippen molar-refractivity contribution in [3.8, 4) is 0 Å². The molecule has 2 nitrogen and oxygen atoms in total. The Morgan fingerprint density at radius 2 is 2.38 bits per heavy atom. The first-order valence-electron chi connectivity index (χ1n) is 2.27. The van der Waals surface area contributed by atoms with E-state index in [1.807, 2.05) is 23.8 Å². The van der Waals surface area contributed by atoms with Gasteiger partial charge in [0.05, 0.1) is 7.11 Å². The number of nitrogens with zero attached hydrogens (tertiary/aromatic N) is 1. The summed E-state index contributed by atoms with van der Waals surface area (Å²) in [7, 11) is 1.64. The number of hydrogen-bond acceptors (Lipinski definition) is 3. The first kappa shape index (κ1) is 5.72. The van der Waals surface area contributed by atoms with Gasteiger partial charge in [-0.25, -0.2) is 0 Å². The normalized spacial score (nSPS) is 17.4. The highest BCUT2D eigenvalue weighted by molar-refractivity contribution is 7.99. The summed E-state index contributed by atoms with van der Waals surface area (Å²) < 4.78 is 1.67. The second-order valence-corrected chi connectivity index (χ2v) is 2.09. The summed E-state index contributed by atoms with van der Waals surface area (Å²) >= 11 is 1.51. The minimum absolute atomic E-state index is 1.51. The molecular weight excluding hydrogens is 122 g/mol. The molecule has 0 aromatic heterocycles. The van der Waals surface area contributed by atoms with Crippen LogP contribution in [0.2, 0.25) is 0 Å². The third-order valence-electron chi connectivity index (χ3n) is 0.742. The van der Waals surface area contributed by atoms with Gasteiger partial charge in [-0.1, -0.05) is 6.08 Å². The van der Waals surface area contributed by atoms with Crippen LogP contribution < -0.4 is 0 Å². The standard InChI is InChI=1S/C5H7NOS/c1-7-6-4-2-3-5-8-6/h2-5H,1H3. The largest absolute Gasteiger partial charge is 0.266 e. The lowest BCUT2D eigenvalue weighted by Crippen LogP contribution is -2.04. The van der Waals surface area contributed by atoms with Crippen LogP contribution in [-0.4, -0.2) is 11.6 Å². The van der Waals surface area contributed by atoms with Crippen LogP contribution in [0.4, 0.5) is 0 Å². The molecule has 0 radical (unpaired) electrons. The van der Waals surface area contributed by atoms with Gasteiger partial charge in [-0.2, -0.15) is 4.47 Å². The van der Waals surface area contributed by atoms with Crippen LogP contribution >= 0.6 is 11.9 Å². The van der Waals surface area contributed by atoms with E-state index >= 15 is 0 Å². The molecule has 0 aliphatic carbocycles. The van der Waals surface area contributed by atoms with Gasteiger partial charge in [-0.05, 0) is 11.5 Å². The molecular formula is C5H7NOS. The smallest absolute Gasteiger partial charge is 0.0650 e. The summed E-state index contributed by atoms with van der Waals surface area (Å²) in [6.45, 7) is 0. The fourth-order valence-corrected chi connectivity index (χ4v) is 0.907. The maximum absolute atomic E-state index is 4.85. The van der Waals surface area contributed by atoms with Crippen molar-refractivity contribution < 1.29 is 4.84 Å². The molecule has 0 N–H and O–H groups in total. The highest BCUT2D eigenvalue weighted by atomic mass is 32.2. The van der Waals surface area contributed by atoms with E-state index in [0.29, 0.717) is 0 Å². The zero-order chi connectivity index (χ0) is 5.82. The number of hydrogen-bond donors (Lipinski definition) is 0. The fraction of sp³-hybridized carbons (Fsp3) is 0.200. The van der Waals surface area contributed by atoms with Crippen molar-refractivity contribution in [2.75, 3.05) is 7.11 Å². The van der Waals surface area contributed by atoms with Gasteiger partial charge >= 0.3 is 0 Å². The van der Waals surface area contributed by atoms with Crippen molar-refractivity contribution in [3.05, 3.63) is 23.8 Å². The monoisotopic (exact) mass is 129 g/mol. The van der Waals surface area contributed by atoms with Gasteiger partial charge in [0, 0.05) is 18.1 Å². The fourth-order valence-electron chi connectivity index (χ4n) is 0.399. The van der Waals surface area contributed by atoms with Crippen molar-refractivity contribution in [3.63, 3.8) is 0 Å². The lowest BCUT2D eigenvalue weighted by molar-refractivity contribution is 0.00585. The van der Waals surface area contributed by atoms with E-state index in [1.54, 1.807) is 11.6 Å². The highest BCUT2D eigenvalue weighted by Gasteiger charge is 1.94. The van der Waals surface area contributed by atoms with Gasteiger partial charge < -0.3 is 0 Å². The van der Waals surface area contributed by atoms with Gasteiger partial charge in [-0.15, -0.1) is 0 Å². The van der Waals surface area contributed by atoms with Crippen LogP contribution in [-0.2, 0) is 4.84 Å². The Kier molecular flexibility index (Phi) is 2.00. The van der Waals surface area contributed by atoms with E-state index in [1.165, 1.54) is 11.9 Å². The summed E-state index contributed by atoms with van der Waals surface area (Å²) in [5, 5.41) is 1.95. The quantitative estimate of drug-likeness (QED) is 0.498. The van der Waals surface area contributed by atoms with Crippen LogP contribution in [0.3, 0.4) is 0 Å². The molecule has 0 aromatic rings. The molecule has 0 aromatic carbocycles. The van der Waals surface area contributed by atoms with E-state index < -0.39 is 0 Å². The van der Waals surface area contributed by atoms with E-state index in [0.717, 1.165) is 0 Å². The highest BCUT2D eigenvalue weighted by Crippen LogP contribution is 2.14. The zero-order valence-electron chi connectivity index (χ0n) is 4.57. The summed E-state index contributed by atoms with van der Waals surface area (Å²) in [6.07, 6.45) is 5.73. The average molecular weight is 129 g/mol. The van der Waals surface area contributed by atoms with Crippen LogP contribution in [0.1, 0.15) is 0 Å². The molecule has 1 heterocycles. The van der Waals surface area contributed by atoms with Gasteiger partial charge in [-0.3, -0.25) is 4.84 Å². The molecule has 1 aliphatic heterocycles. The molecule has 44 valence electrons. The maximum atomic E-state index is 4.85. The topological polar surface area (TPSA) is 12.5 Å². The SMILES string of the molecule is CON1C=CC=CS1. The molecule has 0 spiro atoms. The summed E-state index contributed by atoms with van der Waals surface area (Å²) in [5.41, 5.74) is 0. The van der Waals surface area contributed by atoms with E-state index in [2.05, 4.69) is 0 Å². The third kappa shape index (κ3) is 1.28. The Morgan fingerprint density at radius 1 is 1.50 bits per heavy atom. The van der Waals surface area contributed by atoms with E-state index in [4.69, 9.17) is 4.84 Å². The zero-order valence-corrected chi connectivity index (χ0v) is 5.39. The predicted molar refractivity (Wildman–Crippen MR) is 34.7 cm³/mol. The molecule has 1 aliphatic rings. The Bertz CT molecular complexity index is 122.